The molecule has 0 saturated heterocycles. The lowest BCUT2D eigenvalue weighted by atomic mass is 9.87. The highest BCUT2D eigenvalue weighted by Gasteiger charge is 2.19. The van der Waals surface area contributed by atoms with Crippen molar-refractivity contribution >= 4 is 21.4 Å². The minimum Gasteiger partial charge on any atom is -0.481 e. The molecule has 27 heavy (non-hydrogen) atoms. The van der Waals surface area contributed by atoms with Crippen molar-refractivity contribution < 1.29 is 17.9 Å². The van der Waals surface area contributed by atoms with Crippen LogP contribution in [0.1, 0.15) is 38.8 Å². The first kappa shape index (κ1) is 21.0. The monoisotopic (exact) mass is 389 g/mol. The third-order valence-corrected chi connectivity index (χ3v) is 5.39. The number of anilines is 1. The van der Waals surface area contributed by atoms with Crippen LogP contribution in [0.25, 0.3) is 0 Å². The van der Waals surface area contributed by atoms with Crippen LogP contribution in [0.15, 0.2) is 47.4 Å². The van der Waals surface area contributed by atoms with Crippen molar-refractivity contribution in [2.45, 2.75) is 51.0 Å². The number of hydrogen-bond donors (Lipinski definition) is 1. The maximum atomic E-state index is 12.5. The van der Waals surface area contributed by atoms with Gasteiger partial charge in [0.2, 0.25) is 0 Å². The second-order valence-corrected chi connectivity index (χ2v) is 9.79. The van der Waals surface area contributed by atoms with E-state index in [9.17, 15) is 13.2 Å². The quantitative estimate of drug-likeness (QED) is 0.835. The third kappa shape index (κ3) is 5.57. The molecule has 1 unspecified atom stereocenters. The number of benzene rings is 2. The van der Waals surface area contributed by atoms with Gasteiger partial charge in [0.25, 0.3) is 5.91 Å². The van der Waals surface area contributed by atoms with Gasteiger partial charge in [0.15, 0.2) is 15.9 Å². The largest absolute Gasteiger partial charge is 0.481 e. The first-order chi connectivity index (χ1) is 12.4. The predicted octanol–water partition coefficient (Wildman–Crippen LogP) is 4.10. The number of rotatable bonds is 5. The Labute approximate surface area is 161 Å². The van der Waals surface area contributed by atoms with Crippen molar-refractivity contribution in [3.63, 3.8) is 0 Å². The normalized spacial score (nSPS) is 13.1. The summed E-state index contributed by atoms with van der Waals surface area (Å²) in [6.45, 7) is 9.80. The van der Waals surface area contributed by atoms with Gasteiger partial charge >= 0.3 is 0 Å². The Balaban J connectivity index is 2.15. The summed E-state index contributed by atoms with van der Waals surface area (Å²) in [6.07, 6.45) is 0.401. The summed E-state index contributed by atoms with van der Waals surface area (Å²) in [5, 5.41) is 2.76. The van der Waals surface area contributed by atoms with Crippen LogP contribution in [0.5, 0.6) is 5.75 Å². The summed E-state index contributed by atoms with van der Waals surface area (Å²) < 4.78 is 29.3. The fourth-order valence-corrected chi connectivity index (χ4v) is 3.14. The van der Waals surface area contributed by atoms with E-state index in [0.717, 1.165) is 17.4 Å². The molecule has 1 amide bonds. The average Bonchev–Trinajstić information content (AvgIpc) is 2.55. The minimum absolute atomic E-state index is 0.0198. The van der Waals surface area contributed by atoms with Crippen molar-refractivity contribution in [2.75, 3.05) is 11.6 Å². The number of carbonyl (C=O) groups is 1. The highest BCUT2D eigenvalue weighted by molar-refractivity contribution is 7.90. The maximum absolute atomic E-state index is 12.5. The zero-order valence-corrected chi connectivity index (χ0v) is 17.5. The molecule has 5 nitrogen and oxygen atoms in total. The van der Waals surface area contributed by atoms with Crippen molar-refractivity contribution in [1.82, 2.24) is 0 Å². The molecule has 0 saturated carbocycles. The molecule has 0 aliphatic heterocycles. The minimum atomic E-state index is -3.35. The van der Waals surface area contributed by atoms with Crippen LogP contribution in [0.2, 0.25) is 0 Å². The number of sulfone groups is 1. The Morgan fingerprint density at radius 2 is 1.78 bits per heavy atom. The smallest absolute Gasteiger partial charge is 0.265 e. The van der Waals surface area contributed by atoms with Gasteiger partial charge in [-0.1, -0.05) is 39.0 Å². The van der Waals surface area contributed by atoms with E-state index in [1.165, 1.54) is 12.1 Å². The van der Waals surface area contributed by atoms with Gasteiger partial charge in [-0.3, -0.25) is 4.79 Å². The van der Waals surface area contributed by atoms with Gasteiger partial charge in [-0.05, 0) is 54.7 Å². The molecule has 1 N–H and O–H groups in total. The molecule has 2 rings (SSSR count). The number of amides is 1. The molecule has 0 fully saturated rings. The molecule has 0 bridgehead atoms. The lowest BCUT2D eigenvalue weighted by Crippen LogP contribution is -2.30. The van der Waals surface area contributed by atoms with Crippen LogP contribution in [0.3, 0.4) is 0 Å². The highest BCUT2D eigenvalue weighted by atomic mass is 32.2. The summed E-state index contributed by atoms with van der Waals surface area (Å²) in [5.74, 6) is 0.275. The van der Waals surface area contributed by atoms with Crippen molar-refractivity contribution in [1.29, 1.82) is 0 Å². The average molecular weight is 390 g/mol. The molecule has 0 radical (unpaired) electrons. The lowest BCUT2D eigenvalue weighted by molar-refractivity contribution is -0.122. The molecule has 0 spiro atoms. The van der Waals surface area contributed by atoms with E-state index in [1.54, 1.807) is 19.9 Å². The Hall–Kier alpha value is -2.34. The number of hydrogen-bond acceptors (Lipinski definition) is 4. The molecule has 1 atom stereocenters. The first-order valence-electron chi connectivity index (χ1n) is 8.77. The molecule has 0 aromatic heterocycles. The van der Waals surface area contributed by atoms with Gasteiger partial charge in [-0.15, -0.1) is 0 Å². The standard InChI is InChI=1S/C21H27NO4S/c1-14-10-11-18(27(6,24)25)13-19(14)22-20(23)15(2)26-17-9-7-8-16(12-17)21(3,4)5/h7-13,15H,1-6H3,(H,22,23). The van der Waals surface area contributed by atoms with E-state index in [-0.39, 0.29) is 16.2 Å². The molecule has 146 valence electrons. The van der Waals surface area contributed by atoms with Gasteiger partial charge in [0.05, 0.1) is 4.90 Å². The summed E-state index contributed by atoms with van der Waals surface area (Å²) >= 11 is 0. The summed E-state index contributed by atoms with van der Waals surface area (Å²) in [5.41, 5.74) is 2.33. The van der Waals surface area contributed by atoms with Crippen LogP contribution in [-0.4, -0.2) is 26.7 Å². The van der Waals surface area contributed by atoms with Crippen molar-refractivity contribution in [3.05, 3.63) is 53.6 Å². The van der Waals surface area contributed by atoms with Crippen LogP contribution < -0.4 is 10.1 Å². The Kier molecular flexibility index (Phi) is 6.00. The first-order valence-corrected chi connectivity index (χ1v) is 10.7. The van der Waals surface area contributed by atoms with E-state index in [1.807, 2.05) is 24.3 Å². The zero-order valence-electron chi connectivity index (χ0n) is 16.7. The van der Waals surface area contributed by atoms with Gasteiger partial charge in [-0.25, -0.2) is 8.42 Å². The van der Waals surface area contributed by atoms with E-state index in [2.05, 4.69) is 26.1 Å². The molecule has 0 heterocycles. The second kappa shape index (κ2) is 7.72. The van der Waals surface area contributed by atoms with Gasteiger partial charge in [-0.2, -0.15) is 0 Å². The van der Waals surface area contributed by atoms with E-state index < -0.39 is 15.9 Å². The zero-order chi connectivity index (χ0) is 20.4. The number of carbonyl (C=O) groups excluding carboxylic acids is 1. The van der Waals surface area contributed by atoms with E-state index in [4.69, 9.17) is 4.74 Å². The fraction of sp³-hybridized carbons (Fsp3) is 0.381. The number of aryl methyl sites for hydroxylation is 1. The number of nitrogens with one attached hydrogen (secondary N) is 1. The van der Waals surface area contributed by atoms with Crippen molar-refractivity contribution in [2.24, 2.45) is 0 Å². The van der Waals surface area contributed by atoms with Gasteiger partial charge in [0, 0.05) is 11.9 Å². The van der Waals surface area contributed by atoms with Gasteiger partial charge < -0.3 is 10.1 Å². The molecule has 2 aromatic rings. The van der Waals surface area contributed by atoms with E-state index >= 15 is 0 Å². The summed E-state index contributed by atoms with van der Waals surface area (Å²) in [7, 11) is -3.35. The van der Waals surface area contributed by atoms with Gasteiger partial charge in [0.1, 0.15) is 5.75 Å². The molecule has 0 aliphatic carbocycles. The highest BCUT2D eigenvalue weighted by Crippen LogP contribution is 2.26. The Bertz CT molecular complexity index is 943. The summed E-state index contributed by atoms with van der Waals surface area (Å²) in [4.78, 5) is 12.7. The van der Waals surface area contributed by atoms with E-state index in [0.29, 0.717) is 11.4 Å². The van der Waals surface area contributed by atoms with Crippen LogP contribution >= 0.6 is 0 Å². The SMILES string of the molecule is Cc1ccc(S(C)(=O)=O)cc1NC(=O)C(C)Oc1cccc(C(C)(C)C)c1. The van der Waals surface area contributed by atoms with Crippen LogP contribution in [0, 0.1) is 6.92 Å². The van der Waals surface area contributed by atoms with Crippen LogP contribution in [-0.2, 0) is 20.0 Å². The molecular formula is C21H27NO4S. The molecule has 0 aliphatic rings. The Morgan fingerprint density at radius 1 is 1.11 bits per heavy atom. The third-order valence-electron chi connectivity index (χ3n) is 4.28. The molecule has 6 heteroatoms. The fourth-order valence-electron chi connectivity index (χ4n) is 2.49. The maximum Gasteiger partial charge on any atom is 0.265 e. The van der Waals surface area contributed by atoms with Crippen LogP contribution in [0.4, 0.5) is 5.69 Å². The summed E-state index contributed by atoms with van der Waals surface area (Å²) in [6, 6.07) is 12.3. The topological polar surface area (TPSA) is 72.5 Å². The number of ether oxygens (including phenoxy) is 1. The lowest BCUT2D eigenvalue weighted by Gasteiger charge is -2.21. The Morgan fingerprint density at radius 3 is 2.37 bits per heavy atom. The molecular weight excluding hydrogens is 362 g/mol. The predicted molar refractivity (Wildman–Crippen MR) is 108 cm³/mol. The molecule has 2 aromatic carbocycles. The van der Waals surface area contributed by atoms with Crippen molar-refractivity contribution in [3.8, 4) is 5.75 Å². The second-order valence-electron chi connectivity index (χ2n) is 7.78.